The quantitative estimate of drug-likeness (QED) is 0.897. The fourth-order valence-electron chi connectivity index (χ4n) is 4.03. The van der Waals surface area contributed by atoms with E-state index < -0.39 is 0 Å². The van der Waals surface area contributed by atoms with Crippen LogP contribution in [0, 0.1) is 6.92 Å². The molecule has 25 heavy (non-hydrogen) atoms. The fraction of sp³-hybridized carbons (Fsp3) is 0.684. The first-order valence-corrected chi connectivity index (χ1v) is 9.43. The smallest absolute Gasteiger partial charge is 0.255 e. The molecule has 6 nitrogen and oxygen atoms in total. The summed E-state index contributed by atoms with van der Waals surface area (Å²) in [5.41, 5.74) is 1.11. The molecule has 2 saturated heterocycles. The summed E-state index contributed by atoms with van der Waals surface area (Å²) >= 11 is 0. The first-order chi connectivity index (χ1) is 12.0. The van der Waals surface area contributed by atoms with Crippen molar-refractivity contribution >= 4 is 5.91 Å². The molecule has 0 spiro atoms. The van der Waals surface area contributed by atoms with E-state index in [4.69, 9.17) is 0 Å². The molecule has 0 aromatic carbocycles. The Morgan fingerprint density at radius 1 is 1.08 bits per heavy atom. The van der Waals surface area contributed by atoms with Crippen molar-refractivity contribution in [3.8, 4) is 0 Å². The maximum atomic E-state index is 12.7. The number of nitrogens with zero attached hydrogens (tertiary/aromatic N) is 3. The van der Waals surface area contributed by atoms with Crippen molar-refractivity contribution in [2.75, 3.05) is 39.3 Å². The summed E-state index contributed by atoms with van der Waals surface area (Å²) in [6.45, 7) is 12.5. The number of carbonyl (C=O) groups excluding carboxylic acids is 1. The van der Waals surface area contributed by atoms with Gasteiger partial charge >= 0.3 is 0 Å². The highest BCUT2D eigenvalue weighted by atomic mass is 16.2. The van der Waals surface area contributed by atoms with Crippen molar-refractivity contribution < 1.29 is 4.79 Å². The van der Waals surface area contributed by atoms with Crippen molar-refractivity contribution in [1.82, 2.24) is 19.7 Å². The third kappa shape index (κ3) is 4.12. The Bertz CT molecular complexity index is 654. The zero-order valence-corrected chi connectivity index (χ0v) is 15.6. The van der Waals surface area contributed by atoms with Crippen LogP contribution in [0.2, 0.25) is 0 Å². The number of amides is 1. The summed E-state index contributed by atoms with van der Waals surface area (Å²) in [4.78, 5) is 33.8. The zero-order valence-electron chi connectivity index (χ0n) is 15.6. The molecule has 1 aromatic heterocycles. The van der Waals surface area contributed by atoms with Crippen LogP contribution in [0.4, 0.5) is 0 Å². The average Bonchev–Trinajstić information content (AvgIpc) is 2.61. The topological polar surface area (TPSA) is 59.7 Å². The number of carbonyl (C=O) groups is 1. The minimum atomic E-state index is -0.159. The van der Waals surface area contributed by atoms with Crippen molar-refractivity contribution in [2.45, 2.75) is 45.7 Å². The van der Waals surface area contributed by atoms with Crippen LogP contribution in [0.3, 0.4) is 0 Å². The number of aromatic amines is 1. The average molecular weight is 346 g/mol. The van der Waals surface area contributed by atoms with Gasteiger partial charge < -0.3 is 9.88 Å². The molecule has 1 N–H and O–H groups in total. The van der Waals surface area contributed by atoms with Crippen LogP contribution in [-0.2, 0) is 0 Å². The van der Waals surface area contributed by atoms with Gasteiger partial charge in [-0.25, -0.2) is 0 Å². The molecule has 138 valence electrons. The van der Waals surface area contributed by atoms with E-state index in [1.807, 2.05) is 4.90 Å². The van der Waals surface area contributed by atoms with E-state index in [9.17, 15) is 9.59 Å². The number of hydrogen-bond acceptors (Lipinski definition) is 4. The monoisotopic (exact) mass is 346 g/mol. The number of aromatic nitrogens is 1. The Labute approximate surface area is 149 Å². The fourth-order valence-corrected chi connectivity index (χ4v) is 4.03. The lowest BCUT2D eigenvalue weighted by molar-refractivity contribution is 0.0420. The summed E-state index contributed by atoms with van der Waals surface area (Å²) < 4.78 is 0. The van der Waals surface area contributed by atoms with Crippen molar-refractivity contribution in [3.63, 3.8) is 0 Å². The van der Waals surface area contributed by atoms with Crippen LogP contribution >= 0.6 is 0 Å². The van der Waals surface area contributed by atoms with Crippen LogP contribution in [-0.4, -0.2) is 76.9 Å². The SMILES string of the molecule is Cc1[nH]c(=O)ccc1C(=O)N1CCC(N2CCN(C(C)C)CC2)CC1. The van der Waals surface area contributed by atoms with Gasteiger partial charge in [-0.1, -0.05) is 0 Å². The van der Waals surface area contributed by atoms with Gasteiger partial charge in [0.15, 0.2) is 0 Å². The summed E-state index contributed by atoms with van der Waals surface area (Å²) in [6.07, 6.45) is 2.08. The minimum Gasteiger partial charge on any atom is -0.338 e. The van der Waals surface area contributed by atoms with Crippen molar-refractivity contribution in [1.29, 1.82) is 0 Å². The van der Waals surface area contributed by atoms with E-state index in [-0.39, 0.29) is 11.5 Å². The Balaban J connectivity index is 1.53. The lowest BCUT2D eigenvalue weighted by Crippen LogP contribution is -2.54. The summed E-state index contributed by atoms with van der Waals surface area (Å²) in [5.74, 6) is 0.0387. The van der Waals surface area contributed by atoms with Gasteiger partial charge in [0.1, 0.15) is 0 Å². The number of piperazine rings is 1. The van der Waals surface area contributed by atoms with Crippen LogP contribution in [0.1, 0.15) is 42.7 Å². The van der Waals surface area contributed by atoms with Gasteiger partial charge in [0, 0.05) is 63.1 Å². The van der Waals surface area contributed by atoms with E-state index in [2.05, 4.69) is 28.6 Å². The van der Waals surface area contributed by atoms with Gasteiger partial charge in [0.25, 0.3) is 5.91 Å². The Kier molecular flexibility index (Phi) is 5.59. The number of piperidine rings is 1. The normalized spacial score (nSPS) is 21.0. The van der Waals surface area contributed by atoms with Crippen molar-refractivity contribution in [2.24, 2.45) is 0 Å². The molecule has 1 amide bonds. The van der Waals surface area contributed by atoms with E-state index in [1.165, 1.54) is 6.07 Å². The zero-order chi connectivity index (χ0) is 18.0. The summed E-state index contributed by atoms with van der Waals surface area (Å²) in [5, 5.41) is 0. The Hall–Kier alpha value is -1.66. The largest absolute Gasteiger partial charge is 0.338 e. The third-order valence-corrected chi connectivity index (χ3v) is 5.69. The van der Waals surface area contributed by atoms with E-state index in [0.29, 0.717) is 23.3 Å². The molecule has 0 atom stereocenters. The molecular formula is C19H30N4O2. The maximum Gasteiger partial charge on any atom is 0.255 e. The minimum absolute atomic E-state index is 0.0387. The molecule has 2 fully saturated rings. The maximum absolute atomic E-state index is 12.7. The van der Waals surface area contributed by atoms with Crippen LogP contribution in [0.5, 0.6) is 0 Å². The van der Waals surface area contributed by atoms with Gasteiger partial charge in [0.05, 0.1) is 5.56 Å². The number of rotatable bonds is 3. The van der Waals surface area contributed by atoms with Crippen LogP contribution in [0.25, 0.3) is 0 Å². The number of nitrogens with one attached hydrogen (secondary N) is 1. The number of hydrogen-bond donors (Lipinski definition) is 1. The predicted molar refractivity (Wildman–Crippen MR) is 99.0 cm³/mol. The van der Waals surface area contributed by atoms with Gasteiger partial charge in [-0.2, -0.15) is 0 Å². The highest BCUT2D eigenvalue weighted by molar-refractivity contribution is 5.95. The van der Waals surface area contributed by atoms with Gasteiger partial charge in [0.2, 0.25) is 5.56 Å². The van der Waals surface area contributed by atoms with Gasteiger partial charge in [-0.15, -0.1) is 0 Å². The number of H-pyrrole nitrogens is 1. The molecule has 0 unspecified atom stereocenters. The molecule has 1 aromatic rings. The first-order valence-electron chi connectivity index (χ1n) is 9.43. The van der Waals surface area contributed by atoms with E-state index in [0.717, 1.165) is 52.1 Å². The summed E-state index contributed by atoms with van der Waals surface area (Å²) in [7, 11) is 0. The highest BCUT2D eigenvalue weighted by Gasteiger charge is 2.30. The molecule has 0 aliphatic carbocycles. The van der Waals surface area contributed by atoms with Crippen molar-refractivity contribution in [3.05, 3.63) is 33.7 Å². The lowest BCUT2D eigenvalue weighted by atomic mass is 10.0. The number of likely N-dealkylation sites (tertiary alicyclic amines) is 1. The molecule has 0 saturated carbocycles. The lowest BCUT2D eigenvalue weighted by Gasteiger charge is -2.43. The van der Waals surface area contributed by atoms with E-state index in [1.54, 1.807) is 13.0 Å². The Morgan fingerprint density at radius 3 is 2.28 bits per heavy atom. The second-order valence-corrected chi connectivity index (χ2v) is 7.55. The molecule has 3 heterocycles. The second kappa shape index (κ2) is 7.70. The number of aryl methyl sites for hydroxylation is 1. The molecular weight excluding hydrogens is 316 g/mol. The predicted octanol–water partition coefficient (Wildman–Crippen LogP) is 1.31. The highest BCUT2D eigenvalue weighted by Crippen LogP contribution is 2.20. The molecule has 6 heteroatoms. The molecule has 0 bridgehead atoms. The third-order valence-electron chi connectivity index (χ3n) is 5.69. The molecule has 2 aliphatic heterocycles. The molecule has 3 rings (SSSR count). The van der Waals surface area contributed by atoms with Crippen LogP contribution in [0.15, 0.2) is 16.9 Å². The van der Waals surface area contributed by atoms with E-state index >= 15 is 0 Å². The molecule has 2 aliphatic rings. The summed E-state index contributed by atoms with van der Waals surface area (Å²) in [6, 6.07) is 4.30. The number of pyridine rings is 1. The standard InChI is InChI=1S/C19H30N4O2/c1-14(2)21-10-12-22(13-11-21)16-6-8-23(9-7-16)19(25)17-4-5-18(24)20-15(17)3/h4-5,14,16H,6-13H2,1-3H3,(H,20,24). The van der Waals surface area contributed by atoms with Crippen LogP contribution < -0.4 is 5.56 Å². The van der Waals surface area contributed by atoms with Gasteiger partial charge in [-0.3, -0.25) is 19.4 Å². The Morgan fingerprint density at radius 2 is 1.72 bits per heavy atom. The molecule has 0 radical (unpaired) electrons. The second-order valence-electron chi connectivity index (χ2n) is 7.55. The first kappa shape index (κ1) is 18.1. The van der Waals surface area contributed by atoms with Gasteiger partial charge in [-0.05, 0) is 39.7 Å².